The molecule has 3 aromatic carbocycles. The molecule has 0 heterocycles. The lowest BCUT2D eigenvalue weighted by molar-refractivity contribution is -0.123. The van der Waals surface area contributed by atoms with E-state index in [9.17, 15) is 13.2 Å². The van der Waals surface area contributed by atoms with Crippen LogP contribution in [0.5, 0.6) is 5.75 Å². The second kappa shape index (κ2) is 10.8. The lowest BCUT2D eigenvalue weighted by atomic mass is 10.0. The number of benzene rings is 3. The third kappa shape index (κ3) is 6.24. The van der Waals surface area contributed by atoms with Gasteiger partial charge in [0.1, 0.15) is 11.8 Å². The molecule has 0 aliphatic carbocycles. The highest BCUT2D eigenvalue weighted by atomic mass is 32.2. The summed E-state index contributed by atoms with van der Waals surface area (Å²) in [6, 6.07) is 19.1. The molecule has 2 N–H and O–H groups in total. The molecular formula is C27H32N2O4S. The van der Waals surface area contributed by atoms with E-state index in [-0.39, 0.29) is 17.4 Å². The Hall–Kier alpha value is -3.16. The van der Waals surface area contributed by atoms with Crippen molar-refractivity contribution in [3.8, 4) is 5.75 Å². The van der Waals surface area contributed by atoms with E-state index < -0.39 is 22.0 Å². The summed E-state index contributed by atoms with van der Waals surface area (Å²) >= 11 is 0. The first-order valence-electron chi connectivity index (χ1n) is 11.2. The molecule has 0 fully saturated rings. The summed E-state index contributed by atoms with van der Waals surface area (Å²) < 4.78 is 34.7. The first kappa shape index (κ1) is 25.5. The summed E-state index contributed by atoms with van der Waals surface area (Å²) in [7, 11) is -2.34. The predicted octanol–water partition coefficient (Wildman–Crippen LogP) is 4.39. The van der Waals surface area contributed by atoms with Crippen LogP contribution in [0.25, 0.3) is 0 Å². The number of hydrogen-bond donors (Lipinski definition) is 2. The van der Waals surface area contributed by atoms with Gasteiger partial charge in [0.15, 0.2) is 0 Å². The monoisotopic (exact) mass is 480 g/mol. The van der Waals surface area contributed by atoms with Gasteiger partial charge in [0.2, 0.25) is 15.9 Å². The first-order valence-corrected chi connectivity index (χ1v) is 12.7. The minimum absolute atomic E-state index is 0.215. The van der Waals surface area contributed by atoms with Crippen LogP contribution in [-0.4, -0.2) is 27.5 Å². The zero-order chi connectivity index (χ0) is 24.9. The van der Waals surface area contributed by atoms with Crippen LogP contribution in [0.1, 0.15) is 40.8 Å². The molecular weight excluding hydrogens is 448 g/mol. The van der Waals surface area contributed by atoms with Gasteiger partial charge < -0.3 is 10.1 Å². The van der Waals surface area contributed by atoms with Gasteiger partial charge in [0.05, 0.1) is 18.0 Å². The van der Waals surface area contributed by atoms with Crippen molar-refractivity contribution in [1.29, 1.82) is 0 Å². The molecule has 3 rings (SSSR count). The van der Waals surface area contributed by atoms with E-state index in [2.05, 4.69) is 10.0 Å². The molecule has 180 valence electrons. The van der Waals surface area contributed by atoms with Crippen LogP contribution < -0.4 is 14.8 Å². The molecule has 2 atom stereocenters. The Kier molecular flexibility index (Phi) is 8.12. The second-order valence-corrected chi connectivity index (χ2v) is 10.2. The highest BCUT2D eigenvalue weighted by Crippen LogP contribution is 2.23. The quantitative estimate of drug-likeness (QED) is 0.476. The number of hydrogen-bond acceptors (Lipinski definition) is 4. The number of ether oxygens (including phenoxy) is 1. The van der Waals surface area contributed by atoms with Crippen LogP contribution in [0.15, 0.2) is 71.6 Å². The highest BCUT2D eigenvalue weighted by Gasteiger charge is 2.29. The van der Waals surface area contributed by atoms with Gasteiger partial charge in [-0.1, -0.05) is 60.2 Å². The number of rotatable bonds is 9. The summed E-state index contributed by atoms with van der Waals surface area (Å²) in [5.41, 5.74) is 4.03. The molecule has 0 aromatic heterocycles. The predicted molar refractivity (Wildman–Crippen MR) is 134 cm³/mol. The maximum Gasteiger partial charge on any atom is 0.241 e. The molecule has 0 aliphatic rings. The van der Waals surface area contributed by atoms with Crippen molar-refractivity contribution in [3.05, 3.63) is 94.5 Å². The van der Waals surface area contributed by atoms with E-state index in [1.165, 1.54) is 0 Å². The molecule has 0 radical (unpaired) electrons. The Morgan fingerprint density at radius 1 is 0.941 bits per heavy atom. The van der Waals surface area contributed by atoms with Gasteiger partial charge in [-0.05, 0) is 68.5 Å². The van der Waals surface area contributed by atoms with Gasteiger partial charge in [0, 0.05) is 0 Å². The molecule has 0 bridgehead atoms. The smallest absolute Gasteiger partial charge is 0.241 e. The maximum atomic E-state index is 13.4. The Morgan fingerprint density at radius 3 is 2.09 bits per heavy atom. The van der Waals surface area contributed by atoms with Crippen molar-refractivity contribution in [2.45, 2.75) is 51.1 Å². The molecule has 0 saturated carbocycles. The Balaban J connectivity index is 1.88. The third-order valence-corrected chi connectivity index (χ3v) is 7.52. The van der Waals surface area contributed by atoms with E-state index >= 15 is 0 Å². The van der Waals surface area contributed by atoms with Gasteiger partial charge in [-0.25, -0.2) is 8.42 Å². The molecule has 0 unspecified atom stereocenters. The number of sulfonamides is 1. The van der Waals surface area contributed by atoms with Crippen molar-refractivity contribution in [3.63, 3.8) is 0 Å². The summed E-state index contributed by atoms with van der Waals surface area (Å²) in [6.07, 6.45) is 0.227. The van der Waals surface area contributed by atoms with E-state index in [1.54, 1.807) is 21.0 Å². The van der Waals surface area contributed by atoms with E-state index in [4.69, 9.17) is 4.74 Å². The van der Waals surface area contributed by atoms with Crippen molar-refractivity contribution in [2.75, 3.05) is 7.11 Å². The summed E-state index contributed by atoms with van der Waals surface area (Å²) in [6.45, 7) is 7.33. The molecule has 0 saturated heterocycles. The third-order valence-electron chi connectivity index (χ3n) is 5.74. The average Bonchev–Trinajstić information content (AvgIpc) is 2.78. The van der Waals surface area contributed by atoms with E-state index in [1.807, 2.05) is 80.6 Å². The summed E-state index contributed by atoms with van der Waals surface area (Å²) in [5.74, 6) is 0.332. The number of carbonyl (C=O) groups is 1. The fourth-order valence-corrected chi connectivity index (χ4v) is 5.81. The molecule has 0 spiro atoms. The lowest BCUT2D eigenvalue weighted by Crippen LogP contribution is -2.48. The van der Waals surface area contributed by atoms with Gasteiger partial charge in [0.25, 0.3) is 0 Å². The summed E-state index contributed by atoms with van der Waals surface area (Å²) in [5, 5.41) is 2.96. The van der Waals surface area contributed by atoms with Crippen LogP contribution in [0.2, 0.25) is 0 Å². The van der Waals surface area contributed by atoms with E-state index in [0.717, 1.165) is 22.4 Å². The van der Waals surface area contributed by atoms with Crippen LogP contribution in [0, 0.1) is 20.8 Å². The maximum absolute atomic E-state index is 13.4. The number of nitrogens with one attached hydrogen (secondary N) is 2. The molecule has 34 heavy (non-hydrogen) atoms. The van der Waals surface area contributed by atoms with Crippen LogP contribution >= 0.6 is 0 Å². The minimum atomic E-state index is -3.94. The second-order valence-electron chi connectivity index (χ2n) is 8.59. The SMILES string of the molecule is COc1ccc([C@@H](C)NC(=O)[C@@H](Cc2ccccc2)NS(=O)(=O)c2c(C)cc(C)cc2C)cc1. The standard InChI is InChI=1S/C27H32N2O4S/c1-18-15-19(2)26(20(3)16-18)34(31,32)29-25(17-22-9-7-6-8-10-22)27(30)28-21(4)23-11-13-24(33-5)14-12-23/h6-16,21,25,29H,17H2,1-5H3,(H,28,30)/t21-,25-/m1/s1. The topological polar surface area (TPSA) is 84.5 Å². The van der Waals surface area contributed by atoms with Crippen LogP contribution in [0.4, 0.5) is 0 Å². The van der Waals surface area contributed by atoms with Crippen molar-refractivity contribution < 1.29 is 17.9 Å². The van der Waals surface area contributed by atoms with Crippen molar-refractivity contribution in [1.82, 2.24) is 10.0 Å². The summed E-state index contributed by atoms with van der Waals surface area (Å²) in [4.78, 5) is 13.5. The van der Waals surface area contributed by atoms with Crippen molar-refractivity contribution >= 4 is 15.9 Å². The Bertz CT molecular complexity index is 1220. The number of aryl methyl sites for hydroxylation is 3. The number of amides is 1. The number of methoxy groups -OCH3 is 1. The highest BCUT2D eigenvalue weighted by molar-refractivity contribution is 7.89. The van der Waals surface area contributed by atoms with Crippen molar-refractivity contribution in [2.24, 2.45) is 0 Å². The molecule has 1 amide bonds. The lowest BCUT2D eigenvalue weighted by Gasteiger charge is -2.23. The van der Waals surface area contributed by atoms with Crippen LogP contribution in [-0.2, 0) is 21.2 Å². The normalized spacial score (nSPS) is 13.2. The van der Waals surface area contributed by atoms with E-state index in [0.29, 0.717) is 11.1 Å². The molecule has 6 nitrogen and oxygen atoms in total. The van der Waals surface area contributed by atoms with Gasteiger partial charge in [-0.15, -0.1) is 0 Å². The van der Waals surface area contributed by atoms with Gasteiger partial charge >= 0.3 is 0 Å². The average molecular weight is 481 g/mol. The van der Waals surface area contributed by atoms with Gasteiger partial charge in [-0.3, -0.25) is 4.79 Å². The molecule has 7 heteroatoms. The minimum Gasteiger partial charge on any atom is -0.497 e. The largest absolute Gasteiger partial charge is 0.497 e. The zero-order valence-electron chi connectivity index (χ0n) is 20.3. The Labute approximate surface area is 202 Å². The first-order chi connectivity index (χ1) is 16.1. The molecule has 3 aromatic rings. The number of carbonyl (C=O) groups excluding carboxylic acids is 1. The fraction of sp³-hybridized carbons (Fsp3) is 0.296. The molecule has 0 aliphatic heterocycles. The fourth-order valence-electron chi connectivity index (χ4n) is 4.16. The Morgan fingerprint density at radius 2 is 1.53 bits per heavy atom. The zero-order valence-corrected chi connectivity index (χ0v) is 21.1. The van der Waals surface area contributed by atoms with Crippen LogP contribution in [0.3, 0.4) is 0 Å². The van der Waals surface area contributed by atoms with Gasteiger partial charge in [-0.2, -0.15) is 4.72 Å².